The summed E-state index contributed by atoms with van der Waals surface area (Å²) in [5, 5.41) is 2.50. The molecular weight excluding hydrogens is 424 g/mol. The Balaban J connectivity index is 2.09. The summed E-state index contributed by atoms with van der Waals surface area (Å²) in [6.45, 7) is 0. The first kappa shape index (κ1) is 15.6. The first-order valence-electron chi connectivity index (χ1n) is 7.76. The standard InChI is InChI=1S/C22H14Br2/c23-17-11-19(15-7-3-1-4-8-15)21-13-18(24)12-20(22(21)14-17)16-9-5-2-6-10-16/h1-14H. The zero-order valence-electron chi connectivity index (χ0n) is 12.8. The summed E-state index contributed by atoms with van der Waals surface area (Å²) in [7, 11) is 0. The molecule has 0 aliphatic heterocycles. The average Bonchev–Trinajstić information content (AvgIpc) is 2.62. The van der Waals surface area contributed by atoms with E-state index in [1.54, 1.807) is 0 Å². The number of halogens is 2. The molecular formula is C22H14Br2. The van der Waals surface area contributed by atoms with Crippen LogP contribution in [0.4, 0.5) is 0 Å². The molecule has 0 bridgehead atoms. The number of rotatable bonds is 2. The Morgan fingerprint density at radius 1 is 0.458 bits per heavy atom. The van der Waals surface area contributed by atoms with Crippen LogP contribution in [-0.4, -0.2) is 0 Å². The lowest BCUT2D eigenvalue weighted by Crippen LogP contribution is -1.87. The van der Waals surface area contributed by atoms with E-state index < -0.39 is 0 Å². The predicted octanol–water partition coefficient (Wildman–Crippen LogP) is 7.70. The molecule has 4 aromatic rings. The molecule has 0 spiro atoms. The quantitative estimate of drug-likeness (QED) is 0.301. The molecule has 0 aliphatic rings. The van der Waals surface area contributed by atoms with E-state index in [0.29, 0.717) is 0 Å². The van der Waals surface area contributed by atoms with Crippen LogP contribution in [0.15, 0.2) is 93.9 Å². The molecule has 4 aromatic carbocycles. The molecule has 0 aromatic heterocycles. The first-order valence-corrected chi connectivity index (χ1v) is 9.34. The van der Waals surface area contributed by atoms with Gasteiger partial charge in [0.05, 0.1) is 0 Å². The van der Waals surface area contributed by atoms with Crippen molar-refractivity contribution in [2.45, 2.75) is 0 Å². The van der Waals surface area contributed by atoms with Gasteiger partial charge in [-0.25, -0.2) is 0 Å². The van der Waals surface area contributed by atoms with Crippen molar-refractivity contribution in [2.24, 2.45) is 0 Å². The van der Waals surface area contributed by atoms with Gasteiger partial charge < -0.3 is 0 Å². The normalized spacial score (nSPS) is 10.9. The molecule has 0 amide bonds. The van der Waals surface area contributed by atoms with Crippen LogP contribution in [0.2, 0.25) is 0 Å². The third kappa shape index (κ3) is 2.92. The van der Waals surface area contributed by atoms with E-state index >= 15 is 0 Å². The Bertz CT molecular complexity index is 921. The zero-order valence-corrected chi connectivity index (χ0v) is 16.0. The van der Waals surface area contributed by atoms with E-state index in [-0.39, 0.29) is 0 Å². The van der Waals surface area contributed by atoms with Gasteiger partial charge in [0, 0.05) is 8.95 Å². The molecule has 0 fully saturated rings. The lowest BCUT2D eigenvalue weighted by atomic mass is 9.93. The highest BCUT2D eigenvalue weighted by Crippen LogP contribution is 2.39. The fraction of sp³-hybridized carbons (Fsp3) is 0. The molecule has 0 saturated heterocycles. The third-order valence-corrected chi connectivity index (χ3v) is 5.08. The zero-order chi connectivity index (χ0) is 16.5. The lowest BCUT2D eigenvalue weighted by Gasteiger charge is -2.13. The molecule has 0 N–H and O–H groups in total. The summed E-state index contributed by atoms with van der Waals surface area (Å²) in [6, 6.07) is 29.9. The summed E-state index contributed by atoms with van der Waals surface area (Å²) >= 11 is 7.39. The monoisotopic (exact) mass is 436 g/mol. The van der Waals surface area contributed by atoms with E-state index in [4.69, 9.17) is 0 Å². The number of benzene rings is 4. The van der Waals surface area contributed by atoms with Gasteiger partial charge in [0.1, 0.15) is 0 Å². The second-order valence-electron chi connectivity index (χ2n) is 5.73. The van der Waals surface area contributed by atoms with Gasteiger partial charge in [0.25, 0.3) is 0 Å². The molecule has 0 saturated carbocycles. The predicted molar refractivity (Wildman–Crippen MR) is 110 cm³/mol. The molecule has 4 rings (SSSR count). The Labute approximate surface area is 158 Å². The molecule has 0 unspecified atom stereocenters. The number of hydrogen-bond donors (Lipinski definition) is 0. The van der Waals surface area contributed by atoms with Crippen LogP contribution in [0.25, 0.3) is 33.0 Å². The largest absolute Gasteiger partial charge is 0.0622 e. The van der Waals surface area contributed by atoms with Gasteiger partial charge in [0.15, 0.2) is 0 Å². The molecule has 0 heterocycles. The van der Waals surface area contributed by atoms with E-state index in [2.05, 4.69) is 117 Å². The molecule has 0 atom stereocenters. The van der Waals surface area contributed by atoms with Gasteiger partial charge in [-0.15, -0.1) is 0 Å². The van der Waals surface area contributed by atoms with E-state index in [0.717, 1.165) is 8.95 Å². The second-order valence-corrected chi connectivity index (χ2v) is 7.57. The molecule has 0 aliphatic carbocycles. The minimum Gasteiger partial charge on any atom is -0.0622 e. The van der Waals surface area contributed by atoms with Crippen molar-refractivity contribution in [3.63, 3.8) is 0 Å². The number of hydrogen-bond acceptors (Lipinski definition) is 0. The highest BCUT2D eigenvalue weighted by molar-refractivity contribution is 9.10. The molecule has 0 radical (unpaired) electrons. The Hall–Kier alpha value is -1.90. The highest BCUT2D eigenvalue weighted by atomic mass is 79.9. The lowest BCUT2D eigenvalue weighted by molar-refractivity contribution is 1.60. The Morgan fingerprint density at radius 2 is 0.833 bits per heavy atom. The maximum absolute atomic E-state index is 3.69. The van der Waals surface area contributed by atoms with Crippen molar-refractivity contribution < 1.29 is 0 Å². The summed E-state index contributed by atoms with van der Waals surface area (Å²) in [4.78, 5) is 0. The van der Waals surface area contributed by atoms with Crippen molar-refractivity contribution in [3.05, 3.63) is 93.9 Å². The summed E-state index contributed by atoms with van der Waals surface area (Å²) in [5.74, 6) is 0. The van der Waals surface area contributed by atoms with Crippen LogP contribution in [0, 0.1) is 0 Å². The topological polar surface area (TPSA) is 0 Å². The molecule has 116 valence electrons. The van der Waals surface area contributed by atoms with Crippen LogP contribution >= 0.6 is 31.9 Å². The van der Waals surface area contributed by atoms with Gasteiger partial charge >= 0.3 is 0 Å². The molecule has 24 heavy (non-hydrogen) atoms. The maximum Gasteiger partial charge on any atom is 0.0188 e. The molecule has 0 nitrogen and oxygen atoms in total. The first-order chi connectivity index (χ1) is 11.7. The Morgan fingerprint density at radius 3 is 1.21 bits per heavy atom. The van der Waals surface area contributed by atoms with Crippen LogP contribution in [0.5, 0.6) is 0 Å². The van der Waals surface area contributed by atoms with Crippen LogP contribution in [0.3, 0.4) is 0 Å². The van der Waals surface area contributed by atoms with Crippen molar-refractivity contribution in [1.82, 2.24) is 0 Å². The van der Waals surface area contributed by atoms with Crippen LogP contribution in [-0.2, 0) is 0 Å². The minimum absolute atomic E-state index is 1.09. The van der Waals surface area contributed by atoms with E-state index in [9.17, 15) is 0 Å². The summed E-state index contributed by atoms with van der Waals surface area (Å²) in [6.07, 6.45) is 0. The van der Waals surface area contributed by atoms with Crippen molar-refractivity contribution in [2.75, 3.05) is 0 Å². The van der Waals surface area contributed by atoms with Crippen LogP contribution < -0.4 is 0 Å². The Kier molecular flexibility index (Phi) is 4.26. The minimum atomic E-state index is 1.09. The second kappa shape index (κ2) is 6.54. The SMILES string of the molecule is Brc1cc(-c2ccccc2)c2cc(Br)cc(-c3ccccc3)c2c1. The van der Waals surface area contributed by atoms with Gasteiger partial charge in [0.2, 0.25) is 0 Å². The van der Waals surface area contributed by atoms with Crippen molar-refractivity contribution >= 4 is 42.6 Å². The fourth-order valence-electron chi connectivity index (χ4n) is 3.10. The van der Waals surface area contributed by atoms with Crippen molar-refractivity contribution in [3.8, 4) is 22.3 Å². The van der Waals surface area contributed by atoms with Gasteiger partial charge in [-0.05, 0) is 57.3 Å². The van der Waals surface area contributed by atoms with E-state index in [1.807, 2.05) is 0 Å². The maximum atomic E-state index is 3.69. The average molecular weight is 438 g/mol. The summed E-state index contributed by atoms with van der Waals surface area (Å²) < 4.78 is 2.18. The van der Waals surface area contributed by atoms with Gasteiger partial charge in [-0.2, -0.15) is 0 Å². The third-order valence-electron chi connectivity index (χ3n) is 4.17. The highest BCUT2D eigenvalue weighted by Gasteiger charge is 2.11. The summed E-state index contributed by atoms with van der Waals surface area (Å²) in [5.41, 5.74) is 4.92. The smallest absolute Gasteiger partial charge is 0.0188 e. The number of fused-ring (bicyclic) bond motifs is 1. The van der Waals surface area contributed by atoms with Crippen LogP contribution in [0.1, 0.15) is 0 Å². The van der Waals surface area contributed by atoms with Gasteiger partial charge in [-0.3, -0.25) is 0 Å². The fourth-order valence-corrected chi connectivity index (χ4v) is 4.02. The molecule has 2 heteroatoms. The van der Waals surface area contributed by atoms with E-state index in [1.165, 1.54) is 33.0 Å². The van der Waals surface area contributed by atoms with Gasteiger partial charge in [-0.1, -0.05) is 92.5 Å². The van der Waals surface area contributed by atoms with Crippen molar-refractivity contribution in [1.29, 1.82) is 0 Å².